The summed E-state index contributed by atoms with van der Waals surface area (Å²) in [4.78, 5) is 11.7. The second-order valence-electron chi connectivity index (χ2n) is 6.57. The van der Waals surface area contributed by atoms with Crippen LogP contribution in [0, 0.1) is 0 Å². The van der Waals surface area contributed by atoms with Crippen LogP contribution in [0.4, 0.5) is 0 Å². The van der Waals surface area contributed by atoms with Crippen molar-refractivity contribution in [3.63, 3.8) is 0 Å². The van der Waals surface area contributed by atoms with Gasteiger partial charge in [0, 0.05) is 0 Å². The number of unbranched alkanes of at least 4 members (excludes halogenated alkanes) is 1. The lowest BCUT2D eigenvalue weighted by atomic mass is 9.85. The van der Waals surface area contributed by atoms with Crippen LogP contribution in [-0.2, 0) is 0 Å². The molecule has 132 valence electrons. The zero-order chi connectivity index (χ0) is 18.2. The zero-order valence-electron chi connectivity index (χ0n) is 15.5. The summed E-state index contributed by atoms with van der Waals surface area (Å²) in [6.45, 7) is 6.43. The van der Waals surface area contributed by atoms with Crippen molar-refractivity contribution in [3.05, 3.63) is 65.2 Å². The molecule has 0 saturated heterocycles. The van der Waals surface area contributed by atoms with Crippen molar-refractivity contribution in [2.24, 2.45) is 0 Å². The second kappa shape index (κ2) is 9.22. The first-order valence-corrected chi connectivity index (χ1v) is 9.21. The van der Waals surface area contributed by atoms with E-state index in [1.165, 1.54) is 5.56 Å². The molecular formula is C23H28O2. The maximum atomic E-state index is 11.7. The molecule has 0 saturated carbocycles. The molecule has 0 radical (unpaired) electrons. The van der Waals surface area contributed by atoms with Gasteiger partial charge in [0.1, 0.15) is 0 Å². The zero-order valence-corrected chi connectivity index (χ0v) is 15.5. The normalized spacial score (nSPS) is 12.4. The molecule has 0 heterocycles. The summed E-state index contributed by atoms with van der Waals surface area (Å²) < 4.78 is 0. The SMILES string of the molecule is CCCC=Cc1ccc(-c2cccc(C(=O)O)c2C(C)CCC)cc1. The monoisotopic (exact) mass is 336 g/mol. The van der Waals surface area contributed by atoms with E-state index in [9.17, 15) is 9.90 Å². The lowest BCUT2D eigenvalue weighted by Gasteiger charge is -2.19. The summed E-state index contributed by atoms with van der Waals surface area (Å²) in [7, 11) is 0. The van der Waals surface area contributed by atoms with Crippen molar-refractivity contribution in [1.29, 1.82) is 0 Å². The first-order valence-electron chi connectivity index (χ1n) is 9.21. The Labute approximate surface area is 151 Å². The largest absolute Gasteiger partial charge is 0.478 e. The Balaban J connectivity index is 2.44. The standard InChI is InChI=1S/C23H28O2/c1-4-6-7-10-18-13-15-19(16-14-18)20-11-8-12-21(23(24)25)22(20)17(3)9-5-2/h7-8,10-17H,4-6,9H2,1-3H3,(H,24,25). The van der Waals surface area contributed by atoms with Gasteiger partial charge in [-0.2, -0.15) is 0 Å². The topological polar surface area (TPSA) is 37.3 Å². The van der Waals surface area contributed by atoms with Crippen LogP contribution in [0.2, 0.25) is 0 Å². The third kappa shape index (κ3) is 4.82. The van der Waals surface area contributed by atoms with Gasteiger partial charge in [0.15, 0.2) is 0 Å². The van der Waals surface area contributed by atoms with Crippen LogP contribution in [0.5, 0.6) is 0 Å². The predicted molar refractivity (Wildman–Crippen MR) is 106 cm³/mol. The molecule has 2 aromatic rings. The van der Waals surface area contributed by atoms with Crippen molar-refractivity contribution < 1.29 is 9.90 Å². The molecule has 0 aliphatic rings. The Morgan fingerprint density at radius 1 is 1.08 bits per heavy atom. The number of aromatic carboxylic acids is 1. The average molecular weight is 336 g/mol. The number of rotatable bonds is 8. The van der Waals surface area contributed by atoms with Crippen molar-refractivity contribution in [2.45, 2.75) is 52.4 Å². The minimum atomic E-state index is -0.848. The van der Waals surface area contributed by atoms with Crippen molar-refractivity contribution >= 4 is 12.0 Å². The minimum Gasteiger partial charge on any atom is -0.478 e. The lowest BCUT2D eigenvalue weighted by molar-refractivity contribution is 0.0695. The smallest absolute Gasteiger partial charge is 0.335 e. The highest BCUT2D eigenvalue weighted by molar-refractivity contribution is 5.92. The van der Waals surface area contributed by atoms with E-state index in [2.05, 4.69) is 57.2 Å². The fourth-order valence-electron chi connectivity index (χ4n) is 3.27. The number of hydrogen-bond acceptors (Lipinski definition) is 1. The third-order valence-corrected chi connectivity index (χ3v) is 4.54. The summed E-state index contributed by atoms with van der Waals surface area (Å²) in [6.07, 6.45) is 8.58. The van der Waals surface area contributed by atoms with Crippen molar-refractivity contribution in [1.82, 2.24) is 0 Å². The summed E-state index contributed by atoms with van der Waals surface area (Å²) in [5.41, 5.74) is 4.66. The van der Waals surface area contributed by atoms with Gasteiger partial charge in [-0.1, -0.05) is 82.2 Å². The van der Waals surface area contributed by atoms with Crippen LogP contribution in [-0.4, -0.2) is 11.1 Å². The molecule has 1 atom stereocenters. The molecule has 25 heavy (non-hydrogen) atoms. The summed E-state index contributed by atoms with van der Waals surface area (Å²) in [6, 6.07) is 14.0. The number of carbonyl (C=O) groups is 1. The van der Waals surface area contributed by atoms with Gasteiger partial charge >= 0.3 is 5.97 Å². The third-order valence-electron chi connectivity index (χ3n) is 4.54. The Kier molecular flexibility index (Phi) is 7.00. The molecule has 0 aliphatic heterocycles. The van der Waals surface area contributed by atoms with Gasteiger partial charge in [-0.15, -0.1) is 0 Å². The summed E-state index contributed by atoms with van der Waals surface area (Å²) in [5.74, 6) is -0.629. The van der Waals surface area contributed by atoms with E-state index in [4.69, 9.17) is 0 Å². The van der Waals surface area contributed by atoms with Crippen molar-refractivity contribution in [3.8, 4) is 11.1 Å². The summed E-state index contributed by atoms with van der Waals surface area (Å²) >= 11 is 0. The fraction of sp³-hybridized carbons (Fsp3) is 0.348. The molecule has 0 fully saturated rings. The van der Waals surface area contributed by atoms with Gasteiger partial charge in [0.25, 0.3) is 0 Å². The van der Waals surface area contributed by atoms with E-state index in [-0.39, 0.29) is 5.92 Å². The molecule has 2 aromatic carbocycles. The highest BCUT2D eigenvalue weighted by Crippen LogP contribution is 2.34. The van der Waals surface area contributed by atoms with Gasteiger partial charge in [0.05, 0.1) is 5.56 Å². The van der Waals surface area contributed by atoms with E-state index in [0.717, 1.165) is 42.4 Å². The molecule has 1 N–H and O–H groups in total. The highest BCUT2D eigenvalue weighted by Gasteiger charge is 2.19. The molecule has 2 nitrogen and oxygen atoms in total. The molecule has 2 heteroatoms. The lowest BCUT2D eigenvalue weighted by Crippen LogP contribution is -2.07. The van der Waals surface area contributed by atoms with Crippen molar-refractivity contribution in [2.75, 3.05) is 0 Å². The Morgan fingerprint density at radius 2 is 1.80 bits per heavy atom. The van der Waals surface area contributed by atoms with Crippen LogP contribution in [0.15, 0.2) is 48.5 Å². The van der Waals surface area contributed by atoms with E-state index >= 15 is 0 Å². The average Bonchev–Trinajstić information content (AvgIpc) is 2.62. The van der Waals surface area contributed by atoms with Crippen LogP contribution in [0.25, 0.3) is 17.2 Å². The Bertz CT molecular complexity index is 726. The number of allylic oxidation sites excluding steroid dienone is 1. The van der Waals surface area contributed by atoms with E-state index < -0.39 is 5.97 Å². The molecular weight excluding hydrogens is 308 g/mol. The summed E-state index contributed by atoms with van der Waals surface area (Å²) in [5, 5.41) is 9.61. The predicted octanol–water partition coefficient (Wildman–Crippen LogP) is 6.77. The maximum Gasteiger partial charge on any atom is 0.335 e. The number of benzene rings is 2. The molecule has 2 rings (SSSR count). The number of carboxylic acids is 1. The van der Waals surface area contributed by atoms with Gasteiger partial charge in [0.2, 0.25) is 0 Å². The number of hydrogen-bond donors (Lipinski definition) is 1. The quantitative estimate of drug-likeness (QED) is 0.577. The van der Waals surface area contributed by atoms with Crippen LogP contribution in [0.1, 0.15) is 73.9 Å². The molecule has 0 bridgehead atoms. The van der Waals surface area contributed by atoms with Crippen LogP contribution in [0.3, 0.4) is 0 Å². The first kappa shape index (κ1) is 19.0. The van der Waals surface area contributed by atoms with Crippen LogP contribution >= 0.6 is 0 Å². The second-order valence-corrected chi connectivity index (χ2v) is 6.57. The van der Waals surface area contributed by atoms with Gasteiger partial charge in [-0.3, -0.25) is 0 Å². The Morgan fingerprint density at radius 3 is 2.40 bits per heavy atom. The van der Waals surface area contributed by atoms with Crippen LogP contribution < -0.4 is 0 Å². The molecule has 0 amide bonds. The fourth-order valence-corrected chi connectivity index (χ4v) is 3.27. The van der Waals surface area contributed by atoms with E-state index in [1.54, 1.807) is 6.07 Å². The van der Waals surface area contributed by atoms with Gasteiger partial charge < -0.3 is 5.11 Å². The molecule has 0 aromatic heterocycles. The highest BCUT2D eigenvalue weighted by atomic mass is 16.4. The minimum absolute atomic E-state index is 0.219. The van der Waals surface area contributed by atoms with E-state index in [0.29, 0.717) is 5.56 Å². The maximum absolute atomic E-state index is 11.7. The first-order chi connectivity index (χ1) is 12.1. The molecule has 1 unspecified atom stereocenters. The molecule has 0 aliphatic carbocycles. The van der Waals surface area contributed by atoms with Gasteiger partial charge in [-0.25, -0.2) is 4.79 Å². The molecule has 0 spiro atoms. The number of carboxylic acid groups (broad SMARTS) is 1. The van der Waals surface area contributed by atoms with Gasteiger partial charge in [-0.05, 0) is 47.1 Å². The Hall–Kier alpha value is -2.35. The van der Waals surface area contributed by atoms with E-state index in [1.807, 2.05) is 12.1 Å².